The highest BCUT2D eigenvalue weighted by molar-refractivity contribution is 5.08. The van der Waals surface area contributed by atoms with E-state index in [1.165, 1.54) is 19.3 Å². The fourth-order valence-electron chi connectivity index (χ4n) is 2.89. The van der Waals surface area contributed by atoms with E-state index in [4.69, 9.17) is 15.0 Å². The molecule has 0 spiro atoms. The lowest BCUT2D eigenvalue weighted by Crippen LogP contribution is -2.37. The van der Waals surface area contributed by atoms with Crippen LogP contribution in [0.4, 0.5) is 0 Å². The maximum Gasteiger partial charge on any atom is 0.234 e. The van der Waals surface area contributed by atoms with Crippen LogP contribution in [0.15, 0.2) is 4.52 Å². The van der Waals surface area contributed by atoms with Crippen molar-refractivity contribution in [2.24, 2.45) is 5.73 Å². The number of ether oxygens (including phenoxy) is 1. The van der Waals surface area contributed by atoms with Crippen molar-refractivity contribution in [1.82, 2.24) is 10.1 Å². The monoisotopic (exact) mass is 267 g/mol. The molecular weight excluding hydrogens is 242 g/mol. The van der Waals surface area contributed by atoms with Gasteiger partial charge in [-0.1, -0.05) is 31.3 Å². The van der Waals surface area contributed by atoms with Gasteiger partial charge in [-0.25, -0.2) is 0 Å². The normalized spacial score (nSPS) is 20.4. The first-order valence-electron chi connectivity index (χ1n) is 7.41. The molecule has 1 aliphatic rings. The molecule has 5 nitrogen and oxygen atoms in total. The molecule has 108 valence electrons. The molecule has 0 aromatic carbocycles. The molecule has 1 heterocycles. The summed E-state index contributed by atoms with van der Waals surface area (Å²) in [5.41, 5.74) is 5.88. The summed E-state index contributed by atoms with van der Waals surface area (Å²) in [6.45, 7) is 5.28. The van der Waals surface area contributed by atoms with Gasteiger partial charge in [-0.3, -0.25) is 0 Å². The van der Waals surface area contributed by atoms with E-state index in [1.807, 2.05) is 6.92 Å². The van der Waals surface area contributed by atoms with Crippen molar-refractivity contribution in [3.8, 4) is 0 Å². The molecule has 0 aliphatic heterocycles. The number of nitrogens with two attached hydrogens (primary N) is 1. The van der Waals surface area contributed by atoms with Gasteiger partial charge in [0.1, 0.15) is 6.10 Å². The molecule has 0 saturated heterocycles. The minimum Gasteiger partial charge on any atom is -0.370 e. The predicted octanol–water partition coefficient (Wildman–Crippen LogP) is 2.72. The molecule has 19 heavy (non-hydrogen) atoms. The number of hydrogen-bond donors (Lipinski definition) is 1. The minimum atomic E-state index is -0.103. The smallest absolute Gasteiger partial charge is 0.234 e. The molecule has 5 heteroatoms. The van der Waals surface area contributed by atoms with Crippen LogP contribution in [-0.2, 0) is 10.2 Å². The molecule has 1 aromatic heterocycles. The van der Waals surface area contributed by atoms with Gasteiger partial charge in [0.25, 0.3) is 0 Å². The Bertz CT molecular complexity index is 386. The van der Waals surface area contributed by atoms with E-state index in [2.05, 4.69) is 17.1 Å². The van der Waals surface area contributed by atoms with Crippen molar-refractivity contribution in [2.75, 3.05) is 13.2 Å². The van der Waals surface area contributed by atoms with Crippen LogP contribution in [-0.4, -0.2) is 23.3 Å². The van der Waals surface area contributed by atoms with E-state index in [0.717, 1.165) is 19.3 Å². The first-order valence-corrected chi connectivity index (χ1v) is 7.41. The summed E-state index contributed by atoms with van der Waals surface area (Å²) in [6.07, 6.45) is 6.55. The lowest BCUT2D eigenvalue weighted by Gasteiger charge is -2.32. The van der Waals surface area contributed by atoms with Gasteiger partial charge in [-0.15, -0.1) is 0 Å². The lowest BCUT2D eigenvalue weighted by atomic mass is 9.74. The second-order valence-corrected chi connectivity index (χ2v) is 5.36. The average Bonchev–Trinajstić information content (AvgIpc) is 2.95. The Morgan fingerprint density at radius 2 is 2.05 bits per heavy atom. The second-order valence-electron chi connectivity index (χ2n) is 5.36. The molecule has 1 aromatic rings. The van der Waals surface area contributed by atoms with E-state index < -0.39 is 0 Å². The first kappa shape index (κ1) is 14.5. The molecule has 0 bridgehead atoms. The van der Waals surface area contributed by atoms with Crippen molar-refractivity contribution >= 4 is 0 Å². The Morgan fingerprint density at radius 1 is 1.32 bits per heavy atom. The largest absolute Gasteiger partial charge is 0.370 e. The Hall–Kier alpha value is -0.940. The number of rotatable bonds is 6. The zero-order valence-electron chi connectivity index (χ0n) is 12.0. The van der Waals surface area contributed by atoms with Crippen LogP contribution in [0.25, 0.3) is 0 Å². The third-order valence-corrected chi connectivity index (χ3v) is 4.12. The van der Waals surface area contributed by atoms with Crippen LogP contribution >= 0.6 is 0 Å². The Morgan fingerprint density at radius 3 is 2.63 bits per heavy atom. The summed E-state index contributed by atoms with van der Waals surface area (Å²) in [5, 5.41) is 4.11. The van der Waals surface area contributed by atoms with Crippen LogP contribution < -0.4 is 5.73 Å². The minimum absolute atomic E-state index is 0.0686. The molecule has 0 amide bonds. The van der Waals surface area contributed by atoms with Crippen molar-refractivity contribution in [3.05, 3.63) is 11.7 Å². The predicted molar refractivity (Wildman–Crippen MR) is 72.8 cm³/mol. The SMILES string of the molecule is CCOC(CC)c1noc(C2(CN)CCCCC2)n1. The van der Waals surface area contributed by atoms with E-state index >= 15 is 0 Å². The maximum absolute atomic E-state index is 5.99. The van der Waals surface area contributed by atoms with Crippen molar-refractivity contribution in [3.63, 3.8) is 0 Å². The quantitative estimate of drug-likeness (QED) is 0.857. The van der Waals surface area contributed by atoms with E-state index in [1.54, 1.807) is 0 Å². The third-order valence-electron chi connectivity index (χ3n) is 4.12. The Kier molecular flexibility index (Phi) is 4.93. The molecule has 1 atom stereocenters. The van der Waals surface area contributed by atoms with Crippen LogP contribution in [0, 0.1) is 0 Å². The van der Waals surface area contributed by atoms with Gasteiger partial charge in [0.15, 0.2) is 0 Å². The van der Waals surface area contributed by atoms with Gasteiger partial charge in [-0.05, 0) is 26.2 Å². The van der Waals surface area contributed by atoms with Crippen LogP contribution in [0.5, 0.6) is 0 Å². The van der Waals surface area contributed by atoms with Gasteiger partial charge in [0, 0.05) is 13.2 Å². The van der Waals surface area contributed by atoms with Gasteiger partial charge in [0.2, 0.25) is 11.7 Å². The van der Waals surface area contributed by atoms with E-state index in [-0.39, 0.29) is 11.5 Å². The molecule has 1 saturated carbocycles. The number of aromatic nitrogens is 2. The summed E-state index contributed by atoms with van der Waals surface area (Å²) in [5.74, 6) is 1.38. The molecular formula is C14H25N3O2. The fourth-order valence-corrected chi connectivity index (χ4v) is 2.89. The molecule has 2 N–H and O–H groups in total. The Labute approximate surface area is 114 Å². The molecule has 2 rings (SSSR count). The number of nitrogens with zero attached hydrogens (tertiary/aromatic N) is 2. The summed E-state index contributed by atoms with van der Waals surface area (Å²) < 4.78 is 11.1. The standard InChI is InChI=1S/C14H25N3O2/c1-3-11(18-4-2)12-16-13(19-17-12)14(10-15)8-6-5-7-9-14/h11H,3-10,15H2,1-2H3. The molecule has 1 unspecified atom stereocenters. The lowest BCUT2D eigenvalue weighted by molar-refractivity contribution is 0.0518. The maximum atomic E-state index is 5.99. The first-order chi connectivity index (χ1) is 9.25. The van der Waals surface area contributed by atoms with Crippen molar-refractivity contribution in [2.45, 2.75) is 63.9 Å². The zero-order chi connectivity index (χ0) is 13.7. The summed E-state index contributed by atoms with van der Waals surface area (Å²) in [4.78, 5) is 4.58. The fraction of sp³-hybridized carbons (Fsp3) is 0.857. The van der Waals surface area contributed by atoms with E-state index in [0.29, 0.717) is 24.9 Å². The summed E-state index contributed by atoms with van der Waals surface area (Å²) in [6, 6.07) is 0. The highest BCUT2D eigenvalue weighted by Crippen LogP contribution is 2.38. The number of hydrogen-bond acceptors (Lipinski definition) is 5. The second kappa shape index (κ2) is 6.48. The third kappa shape index (κ3) is 2.98. The van der Waals surface area contributed by atoms with Gasteiger partial charge >= 0.3 is 0 Å². The van der Waals surface area contributed by atoms with Gasteiger partial charge in [-0.2, -0.15) is 4.98 Å². The van der Waals surface area contributed by atoms with Crippen molar-refractivity contribution < 1.29 is 9.26 Å². The van der Waals surface area contributed by atoms with Crippen LogP contribution in [0.2, 0.25) is 0 Å². The van der Waals surface area contributed by atoms with E-state index in [9.17, 15) is 0 Å². The average molecular weight is 267 g/mol. The van der Waals surface area contributed by atoms with Crippen molar-refractivity contribution in [1.29, 1.82) is 0 Å². The van der Waals surface area contributed by atoms with Gasteiger partial charge in [0.05, 0.1) is 5.41 Å². The van der Waals surface area contributed by atoms with Crippen LogP contribution in [0.1, 0.15) is 70.2 Å². The summed E-state index contributed by atoms with van der Waals surface area (Å²) in [7, 11) is 0. The summed E-state index contributed by atoms with van der Waals surface area (Å²) >= 11 is 0. The van der Waals surface area contributed by atoms with Crippen LogP contribution in [0.3, 0.4) is 0 Å². The van der Waals surface area contributed by atoms with Gasteiger partial charge < -0.3 is 15.0 Å². The molecule has 0 radical (unpaired) electrons. The molecule has 1 aliphatic carbocycles. The zero-order valence-corrected chi connectivity index (χ0v) is 12.0. The highest BCUT2D eigenvalue weighted by atomic mass is 16.5. The topological polar surface area (TPSA) is 74.2 Å². The highest BCUT2D eigenvalue weighted by Gasteiger charge is 2.38. The Balaban J connectivity index is 2.18. The molecule has 1 fully saturated rings.